The maximum absolute atomic E-state index is 13.6. The molecule has 0 radical (unpaired) electrons. The van der Waals surface area contributed by atoms with E-state index in [1.807, 2.05) is 70.5 Å². The summed E-state index contributed by atoms with van der Waals surface area (Å²) >= 11 is 1.45. The van der Waals surface area contributed by atoms with E-state index >= 15 is 0 Å². The summed E-state index contributed by atoms with van der Waals surface area (Å²) < 4.78 is 5.34. The fourth-order valence-corrected chi connectivity index (χ4v) is 5.38. The molecule has 2 aliphatic heterocycles. The Morgan fingerprint density at radius 1 is 0.794 bits per heavy atom. The van der Waals surface area contributed by atoms with Gasteiger partial charge in [0.2, 0.25) is 5.91 Å². The van der Waals surface area contributed by atoms with Crippen LogP contribution in [0.2, 0.25) is 0 Å². The maximum atomic E-state index is 13.6. The number of thiazole rings is 1. The molecule has 0 saturated carbocycles. The number of ether oxygens (including phenoxy) is 1. The van der Waals surface area contributed by atoms with E-state index in [4.69, 9.17) is 9.72 Å². The number of hydrogen-bond donors (Lipinski definition) is 0. The van der Waals surface area contributed by atoms with Gasteiger partial charge in [0.15, 0.2) is 0 Å². The van der Waals surface area contributed by atoms with E-state index in [9.17, 15) is 9.59 Å². The molecule has 2 aliphatic rings. The van der Waals surface area contributed by atoms with Crippen LogP contribution in [-0.4, -0.2) is 90.5 Å². The second-order valence-corrected chi connectivity index (χ2v) is 9.49. The van der Waals surface area contributed by atoms with Crippen LogP contribution in [0.15, 0.2) is 60.7 Å². The summed E-state index contributed by atoms with van der Waals surface area (Å²) in [6, 6.07) is 19.9. The van der Waals surface area contributed by atoms with Gasteiger partial charge in [-0.1, -0.05) is 60.7 Å². The Balaban J connectivity index is 1.30. The van der Waals surface area contributed by atoms with Crippen molar-refractivity contribution in [1.82, 2.24) is 19.7 Å². The van der Waals surface area contributed by atoms with Crippen molar-refractivity contribution < 1.29 is 14.3 Å². The highest BCUT2D eigenvalue weighted by Crippen LogP contribution is 2.34. The summed E-state index contributed by atoms with van der Waals surface area (Å²) in [5, 5.41) is 0.845. The van der Waals surface area contributed by atoms with Crippen LogP contribution in [0, 0.1) is 0 Å². The zero-order valence-electron chi connectivity index (χ0n) is 19.1. The molecular formula is C26H28N4O3S. The van der Waals surface area contributed by atoms with E-state index in [0.717, 1.165) is 21.8 Å². The number of hydrogen-bond acceptors (Lipinski definition) is 6. The number of piperazine rings is 1. The molecule has 1 aromatic heterocycles. The Bertz CT molecular complexity index is 1120. The van der Waals surface area contributed by atoms with Crippen LogP contribution in [0.5, 0.6) is 0 Å². The normalized spacial score (nSPS) is 17.1. The number of rotatable bonds is 5. The van der Waals surface area contributed by atoms with Gasteiger partial charge < -0.3 is 14.5 Å². The highest BCUT2D eigenvalue weighted by atomic mass is 32.1. The molecule has 3 aromatic rings. The SMILES string of the molecule is O=C(CN1CCN(C(=O)c2sc(-c3ccccc3)nc2-c2ccccc2)CC1)N1CCOCC1. The molecule has 2 saturated heterocycles. The van der Waals surface area contributed by atoms with Crippen molar-refractivity contribution in [2.75, 3.05) is 59.0 Å². The summed E-state index contributed by atoms with van der Waals surface area (Å²) in [6.07, 6.45) is 0. The second kappa shape index (κ2) is 10.5. The van der Waals surface area contributed by atoms with Crippen LogP contribution in [0.4, 0.5) is 0 Å². The molecule has 0 atom stereocenters. The average Bonchev–Trinajstić information content (AvgIpc) is 3.36. The van der Waals surface area contributed by atoms with Crippen molar-refractivity contribution in [2.24, 2.45) is 0 Å². The third-order valence-electron chi connectivity index (χ3n) is 6.27. The highest BCUT2D eigenvalue weighted by molar-refractivity contribution is 7.17. The Labute approximate surface area is 203 Å². The first-order valence-corrected chi connectivity index (χ1v) is 12.5. The molecule has 8 heteroatoms. The van der Waals surface area contributed by atoms with Gasteiger partial charge in [0.25, 0.3) is 5.91 Å². The van der Waals surface area contributed by atoms with Crippen LogP contribution >= 0.6 is 11.3 Å². The number of carbonyl (C=O) groups excluding carboxylic acids is 2. The van der Waals surface area contributed by atoms with E-state index in [1.54, 1.807) is 0 Å². The third kappa shape index (κ3) is 5.04. The number of nitrogens with zero attached hydrogens (tertiary/aromatic N) is 4. The average molecular weight is 477 g/mol. The van der Waals surface area contributed by atoms with Crippen molar-refractivity contribution in [3.05, 3.63) is 65.5 Å². The predicted molar refractivity (Wildman–Crippen MR) is 133 cm³/mol. The van der Waals surface area contributed by atoms with Gasteiger partial charge in [-0.25, -0.2) is 4.98 Å². The second-order valence-electron chi connectivity index (χ2n) is 8.49. The molecule has 2 fully saturated rings. The van der Waals surface area contributed by atoms with Gasteiger partial charge in [0.1, 0.15) is 9.88 Å². The summed E-state index contributed by atoms with van der Waals surface area (Å²) in [6.45, 7) is 5.51. The lowest BCUT2D eigenvalue weighted by molar-refractivity contribution is -0.136. The van der Waals surface area contributed by atoms with Gasteiger partial charge in [-0.15, -0.1) is 11.3 Å². The summed E-state index contributed by atoms with van der Waals surface area (Å²) in [5.74, 6) is 0.155. The van der Waals surface area contributed by atoms with Gasteiger partial charge >= 0.3 is 0 Å². The van der Waals surface area contributed by atoms with Crippen LogP contribution in [0.1, 0.15) is 9.67 Å². The first-order valence-electron chi connectivity index (χ1n) is 11.7. The minimum absolute atomic E-state index is 0.0117. The molecule has 176 valence electrons. The zero-order valence-corrected chi connectivity index (χ0v) is 19.9. The number of carbonyl (C=O) groups is 2. The molecule has 0 unspecified atom stereocenters. The quantitative estimate of drug-likeness (QED) is 0.566. The lowest BCUT2D eigenvalue weighted by atomic mass is 10.1. The van der Waals surface area contributed by atoms with Gasteiger partial charge in [-0.05, 0) is 0 Å². The molecular weight excluding hydrogens is 448 g/mol. The first kappa shape index (κ1) is 22.7. The summed E-state index contributed by atoms with van der Waals surface area (Å²) in [4.78, 5) is 37.6. The van der Waals surface area contributed by atoms with Crippen molar-refractivity contribution in [1.29, 1.82) is 0 Å². The van der Waals surface area contributed by atoms with Crippen molar-refractivity contribution in [3.63, 3.8) is 0 Å². The minimum atomic E-state index is 0.0117. The van der Waals surface area contributed by atoms with E-state index < -0.39 is 0 Å². The van der Waals surface area contributed by atoms with Crippen molar-refractivity contribution >= 4 is 23.2 Å². The minimum Gasteiger partial charge on any atom is -0.378 e. The summed E-state index contributed by atoms with van der Waals surface area (Å²) in [5.41, 5.74) is 2.69. The molecule has 0 bridgehead atoms. The van der Waals surface area contributed by atoms with Crippen LogP contribution in [0.3, 0.4) is 0 Å². The Hall–Kier alpha value is -3.07. The molecule has 7 nitrogen and oxygen atoms in total. The molecule has 2 amide bonds. The molecule has 0 spiro atoms. The standard InChI is InChI=1S/C26H28N4O3S/c31-22(29-15-17-33-18-16-29)19-28-11-13-30(14-12-28)26(32)24-23(20-7-3-1-4-8-20)27-25(34-24)21-9-5-2-6-10-21/h1-10H,11-19H2. The molecule has 0 aliphatic carbocycles. The number of aromatic nitrogens is 1. The molecule has 34 heavy (non-hydrogen) atoms. The van der Waals surface area contributed by atoms with Gasteiger partial charge in [-0.3, -0.25) is 14.5 Å². The van der Waals surface area contributed by atoms with E-state index in [1.165, 1.54) is 11.3 Å². The van der Waals surface area contributed by atoms with Crippen LogP contribution in [0.25, 0.3) is 21.8 Å². The topological polar surface area (TPSA) is 66.0 Å². The van der Waals surface area contributed by atoms with Crippen molar-refractivity contribution in [2.45, 2.75) is 0 Å². The van der Waals surface area contributed by atoms with Crippen molar-refractivity contribution in [3.8, 4) is 21.8 Å². The first-order chi connectivity index (χ1) is 16.7. The number of benzene rings is 2. The van der Waals surface area contributed by atoms with Gasteiger partial charge in [0.05, 0.1) is 25.5 Å². The monoisotopic (exact) mass is 476 g/mol. The maximum Gasteiger partial charge on any atom is 0.266 e. The largest absolute Gasteiger partial charge is 0.378 e. The highest BCUT2D eigenvalue weighted by Gasteiger charge is 2.29. The van der Waals surface area contributed by atoms with E-state index in [2.05, 4.69) is 4.90 Å². The Morgan fingerprint density at radius 3 is 2.06 bits per heavy atom. The van der Waals surface area contributed by atoms with Crippen LogP contribution in [-0.2, 0) is 9.53 Å². The lowest BCUT2D eigenvalue weighted by Crippen LogP contribution is -2.52. The fourth-order valence-electron chi connectivity index (χ4n) is 4.32. The lowest BCUT2D eigenvalue weighted by Gasteiger charge is -2.36. The smallest absolute Gasteiger partial charge is 0.266 e. The molecule has 2 aromatic carbocycles. The van der Waals surface area contributed by atoms with Gasteiger partial charge in [0, 0.05) is 50.4 Å². The van der Waals surface area contributed by atoms with Crippen LogP contribution < -0.4 is 0 Å². The third-order valence-corrected chi connectivity index (χ3v) is 7.36. The van der Waals surface area contributed by atoms with E-state index in [-0.39, 0.29) is 11.8 Å². The number of amides is 2. The molecule has 5 rings (SSSR count). The summed E-state index contributed by atoms with van der Waals surface area (Å²) in [7, 11) is 0. The van der Waals surface area contributed by atoms with Gasteiger partial charge in [-0.2, -0.15) is 0 Å². The molecule has 3 heterocycles. The predicted octanol–water partition coefficient (Wildman–Crippen LogP) is 3.09. The van der Waals surface area contributed by atoms with E-state index in [0.29, 0.717) is 63.9 Å². The molecule has 0 N–H and O–H groups in total. The Kier molecular flexibility index (Phi) is 6.99. The Morgan fingerprint density at radius 2 is 1.41 bits per heavy atom. The zero-order chi connectivity index (χ0) is 23.3. The fraction of sp³-hybridized carbons (Fsp3) is 0.346. The number of morpholine rings is 1.